The van der Waals surface area contributed by atoms with Crippen LogP contribution >= 0.6 is 0 Å². The van der Waals surface area contributed by atoms with Crippen molar-refractivity contribution in [3.8, 4) is 5.75 Å². The molecule has 3 nitrogen and oxygen atoms in total. The van der Waals surface area contributed by atoms with Crippen molar-refractivity contribution in [1.82, 2.24) is 0 Å². The van der Waals surface area contributed by atoms with Crippen LogP contribution in [0.5, 0.6) is 5.75 Å². The molecule has 18 heavy (non-hydrogen) atoms. The number of benzene rings is 1. The highest BCUT2D eigenvalue weighted by Gasteiger charge is 2.21. The predicted molar refractivity (Wildman–Crippen MR) is 72.8 cm³/mol. The van der Waals surface area contributed by atoms with Gasteiger partial charge in [0.2, 0.25) is 5.91 Å². The van der Waals surface area contributed by atoms with Crippen LogP contribution in [0.25, 0.3) is 0 Å². The number of phenolic OH excluding ortho intramolecular Hbond substituents is 1. The summed E-state index contributed by atoms with van der Waals surface area (Å²) in [5, 5.41) is 12.6. The lowest BCUT2D eigenvalue weighted by Crippen LogP contribution is -2.25. The van der Waals surface area contributed by atoms with Crippen LogP contribution in [0.15, 0.2) is 12.1 Å². The van der Waals surface area contributed by atoms with Gasteiger partial charge in [0.05, 0.1) is 0 Å². The van der Waals surface area contributed by atoms with Crippen LogP contribution in [-0.4, -0.2) is 11.0 Å². The minimum atomic E-state index is 0.128. The Labute approximate surface area is 108 Å². The molecule has 98 valence electrons. The third-order valence-electron chi connectivity index (χ3n) is 3.78. The highest BCUT2D eigenvalue weighted by atomic mass is 16.3. The third kappa shape index (κ3) is 2.84. The Kier molecular flexibility index (Phi) is 3.90. The van der Waals surface area contributed by atoms with Crippen molar-refractivity contribution in [3.63, 3.8) is 0 Å². The molecule has 1 saturated carbocycles. The monoisotopic (exact) mass is 247 g/mol. The highest BCUT2D eigenvalue weighted by Crippen LogP contribution is 2.28. The molecule has 0 bridgehead atoms. The van der Waals surface area contributed by atoms with Crippen LogP contribution in [0.3, 0.4) is 0 Å². The van der Waals surface area contributed by atoms with Gasteiger partial charge in [0, 0.05) is 11.6 Å². The number of rotatable bonds is 2. The van der Waals surface area contributed by atoms with Crippen molar-refractivity contribution in [2.45, 2.75) is 46.0 Å². The van der Waals surface area contributed by atoms with Gasteiger partial charge in [-0.3, -0.25) is 4.79 Å². The average molecular weight is 247 g/mol. The molecule has 0 atom stereocenters. The van der Waals surface area contributed by atoms with Crippen LogP contribution in [0.2, 0.25) is 0 Å². The minimum Gasteiger partial charge on any atom is -0.508 e. The molecule has 1 aromatic carbocycles. The van der Waals surface area contributed by atoms with E-state index >= 15 is 0 Å². The van der Waals surface area contributed by atoms with Gasteiger partial charge in [-0.25, -0.2) is 0 Å². The Bertz CT molecular complexity index is 448. The maximum Gasteiger partial charge on any atom is 0.227 e. The second kappa shape index (κ2) is 5.42. The fourth-order valence-electron chi connectivity index (χ4n) is 2.54. The summed E-state index contributed by atoms with van der Waals surface area (Å²) in [4.78, 5) is 12.1. The van der Waals surface area contributed by atoms with Crippen molar-refractivity contribution >= 4 is 11.6 Å². The molecule has 3 heteroatoms. The molecule has 1 aliphatic rings. The number of carbonyl (C=O) groups excluding carboxylic acids is 1. The number of amides is 1. The topological polar surface area (TPSA) is 49.3 Å². The molecule has 1 aliphatic carbocycles. The standard InChI is InChI=1S/C15H21NO2/c1-10-9-14(17)11(2)8-13(10)16-15(18)12-6-4-3-5-7-12/h8-9,12,17H,3-7H2,1-2H3,(H,16,18). The lowest BCUT2D eigenvalue weighted by atomic mass is 9.88. The molecule has 2 N–H and O–H groups in total. The molecule has 1 amide bonds. The van der Waals surface area contributed by atoms with Gasteiger partial charge in [-0.15, -0.1) is 0 Å². The summed E-state index contributed by atoms with van der Waals surface area (Å²) in [5.41, 5.74) is 2.52. The SMILES string of the molecule is Cc1cc(NC(=O)C2CCCCC2)c(C)cc1O. The molecule has 0 aromatic heterocycles. The lowest BCUT2D eigenvalue weighted by molar-refractivity contribution is -0.120. The van der Waals surface area contributed by atoms with Crippen LogP contribution < -0.4 is 5.32 Å². The third-order valence-corrected chi connectivity index (χ3v) is 3.78. The van der Waals surface area contributed by atoms with Crippen molar-refractivity contribution in [2.75, 3.05) is 5.32 Å². The van der Waals surface area contributed by atoms with Crippen LogP contribution in [0.1, 0.15) is 43.2 Å². The summed E-state index contributed by atoms with van der Waals surface area (Å²) in [5.74, 6) is 0.568. The largest absolute Gasteiger partial charge is 0.508 e. The van der Waals surface area contributed by atoms with Gasteiger partial charge in [-0.05, 0) is 49.9 Å². The van der Waals surface area contributed by atoms with Crippen LogP contribution in [0, 0.1) is 19.8 Å². The summed E-state index contributed by atoms with van der Waals surface area (Å²) in [6, 6.07) is 3.54. The van der Waals surface area contributed by atoms with E-state index in [9.17, 15) is 9.90 Å². The number of phenols is 1. The zero-order chi connectivity index (χ0) is 13.1. The summed E-state index contributed by atoms with van der Waals surface area (Å²) < 4.78 is 0. The number of aromatic hydroxyl groups is 1. The molecule has 0 radical (unpaired) electrons. The first-order valence-electron chi connectivity index (χ1n) is 6.69. The Morgan fingerprint density at radius 1 is 1.17 bits per heavy atom. The molecule has 0 spiro atoms. The lowest BCUT2D eigenvalue weighted by Gasteiger charge is -2.21. The van der Waals surface area contributed by atoms with E-state index in [0.29, 0.717) is 0 Å². The van der Waals surface area contributed by atoms with E-state index in [1.165, 1.54) is 6.42 Å². The van der Waals surface area contributed by atoms with E-state index in [1.807, 2.05) is 19.9 Å². The highest BCUT2D eigenvalue weighted by molar-refractivity contribution is 5.93. The number of carbonyl (C=O) groups is 1. The molecule has 0 aliphatic heterocycles. The van der Waals surface area contributed by atoms with Gasteiger partial charge in [0.25, 0.3) is 0 Å². The van der Waals surface area contributed by atoms with E-state index in [1.54, 1.807) is 6.07 Å². The second-order valence-electron chi connectivity index (χ2n) is 5.28. The normalized spacial score (nSPS) is 16.6. The zero-order valence-corrected chi connectivity index (χ0v) is 11.1. The number of nitrogens with one attached hydrogen (secondary N) is 1. The molecular weight excluding hydrogens is 226 g/mol. The van der Waals surface area contributed by atoms with Gasteiger partial charge in [0.1, 0.15) is 5.75 Å². The first-order valence-corrected chi connectivity index (χ1v) is 6.69. The van der Waals surface area contributed by atoms with E-state index in [0.717, 1.165) is 42.5 Å². The van der Waals surface area contributed by atoms with Crippen LogP contribution in [-0.2, 0) is 4.79 Å². The quantitative estimate of drug-likeness (QED) is 0.785. The fraction of sp³-hybridized carbons (Fsp3) is 0.533. The minimum absolute atomic E-state index is 0.128. The number of aryl methyl sites for hydroxylation is 2. The molecule has 2 rings (SSSR count). The first-order chi connectivity index (χ1) is 8.58. The summed E-state index contributed by atoms with van der Waals surface area (Å²) in [6.45, 7) is 3.74. The van der Waals surface area contributed by atoms with Crippen LogP contribution in [0.4, 0.5) is 5.69 Å². The molecule has 1 fully saturated rings. The second-order valence-corrected chi connectivity index (χ2v) is 5.28. The molecule has 0 heterocycles. The fourth-order valence-corrected chi connectivity index (χ4v) is 2.54. The number of anilines is 1. The van der Waals surface area contributed by atoms with E-state index in [4.69, 9.17) is 0 Å². The maximum absolute atomic E-state index is 12.1. The zero-order valence-electron chi connectivity index (χ0n) is 11.1. The molecule has 1 aromatic rings. The Morgan fingerprint density at radius 2 is 1.83 bits per heavy atom. The summed E-state index contributed by atoms with van der Waals surface area (Å²) in [7, 11) is 0. The van der Waals surface area contributed by atoms with Crippen molar-refractivity contribution in [1.29, 1.82) is 0 Å². The summed E-state index contributed by atoms with van der Waals surface area (Å²) in [6.07, 6.45) is 5.57. The van der Waals surface area contributed by atoms with Gasteiger partial charge in [-0.2, -0.15) is 0 Å². The van der Waals surface area contributed by atoms with Crippen molar-refractivity contribution in [3.05, 3.63) is 23.3 Å². The smallest absolute Gasteiger partial charge is 0.227 e. The van der Waals surface area contributed by atoms with E-state index < -0.39 is 0 Å². The predicted octanol–water partition coefficient (Wildman–Crippen LogP) is 3.53. The van der Waals surface area contributed by atoms with Gasteiger partial charge in [-0.1, -0.05) is 19.3 Å². The molecular formula is C15H21NO2. The molecule has 0 unspecified atom stereocenters. The Morgan fingerprint density at radius 3 is 2.50 bits per heavy atom. The Hall–Kier alpha value is -1.51. The number of hydrogen-bond donors (Lipinski definition) is 2. The van der Waals surface area contributed by atoms with E-state index in [-0.39, 0.29) is 17.6 Å². The molecule has 0 saturated heterocycles. The first kappa shape index (κ1) is 12.9. The van der Waals surface area contributed by atoms with Gasteiger partial charge < -0.3 is 10.4 Å². The van der Waals surface area contributed by atoms with Gasteiger partial charge >= 0.3 is 0 Å². The van der Waals surface area contributed by atoms with Gasteiger partial charge in [0.15, 0.2) is 0 Å². The summed E-state index contributed by atoms with van der Waals surface area (Å²) >= 11 is 0. The Balaban J connectivity index is 2.08. The average Bonchev–Trinajstić information content (AvgIpc) is 2.37. The van der Waals surface area contributed by atoms with Crippen molar-refractivity contribution in [2.24, 2.45) is 5.92 Å². The maximum atomic E-state index is 12.1. The van der Waals surface area contributed by atoms with E-state index in [2.05, 4.69) is 5.32 Å². The van der Waals surface area contributed by atoms with Crippen molar-refractivity contribution < 1.29 is 9.90 Å². The number of hydrogen-bond acceptors (Lipinski definition) is 2.